The van der Waals surface area contributed by atoms with Gasteiger partial charge in [0.25, 0.3) is 5.91 Å². The summed E-state index contributed by atoms with van der Waals surface area (Å²) < 4.78 is 5.10. The summed E-state index contributed by atoms with van der Waals surface area (Å²) in [6.45, 7) is 12.6. The molecule has 2 unspecified atom stereocenters. The fraction of sp³-hybridized carbons (Fsp3) is 0.778. The summed E-state index contributed by atoms with van der Waals surface area (Å²) in [6, 6.07) is 2.11. The van der Waals surface area contributed by atoms with Crippen LogP contribution in [0.3, 0.4) is 0 Å². The van der Waals surface area contributed by atoms with Crippen molar-refractivity contribution in [3.8, 4) is 0 Å². The second-order valence-electron chi connectivity index (χ2n) is 6.73. The van der Waals surface area contributed by atoms with Crippen molar-refractivity contribution in [1.29, 1.82) is 0 Å². The molecule has 0 radical (unpaired) electrons. The van der Waals surface area contributed by atoms with E-state index in [-0.39, 0.29) is 11.3 Å². The van der Waals surface area contributed by atoms with Gasteiger partial charge in [-0.2, -0.15) is 0 Å². The molecule has 1 heterocycles. The number of hydrogen-bond donors (Lipinski definition) is 1. The van der Waals surface area contributed by atoms with Gasteiger partial charge in [0, 0.05) is 25.1 Å². The zero-order chi connectivity index (χ0) is 17.5. The molecule has 0 aliphatic carbocycles. The summed E-state index contributed by atoms with van der Waals surface area (Å²) in [5.41, 5.74) is 0.391. The first kappa shape index (κ1) is 19.7. The van der Waals surface area contributed by atoms with Crippen LogP contribution >= 0.6 is 0 Å². The van der Waals surface area contributed by atoms with E-state index in [9.17, 15) is 4.79 Å². The molecule has 1 rings (SSSR count). The quantitative estimate of drug-likeness (QED) is 0.716. The molecule has 0 saturated heterocycles. The largest absolute Gasteiger partial charge is 0.361 e. The Morgan fingerprint density at radius 3 is 2.65 bits per heavy atom. The van der Waals surface area contributed by atoms with Crippen LogP contribution in [0.4, 0.5) is 0 Å². The minimum Gasteiger partial charge on any atom is -0.361 e. The number of unbranched alkanes of at least 4 members (excludes halogenated alkanes) is 1. The van der Waals surface area contributed by atoms with Gasteiger partial charge in [-0.05, 0) is 38.8 Å². The minimum absolute atomic E-state index is 0.0233. The monoisotopic (exact) mass is 323 g/mol. The van der Waals surface area contributed by atoms with Crippen molar-refractivity contribution < 1.29 is 9.32 Å². The highest BCUT2D eigenvalue weighted by atomic mass is 16.5. The molecular weight excluding hydrogens is 290 g/mol. The Morgan fingerprint density at radius 1 is 1.43 bits per heavy atom. The molecular formula is C18H33N3O2. The topological polar surface area (TPSA) is 58.4 Å². The number of nitrogens with one attached hydrogen (secondary N) is 1. The Kier molecular flexibility index (Phi) is 7.76. The van der Waals surface area contributed by atoms with Gasteiger partial charge in [-0.3, -0.25) is 4.79 Å². The van der Waals surface area contributed by atoms with E-state index in [0.717, 1.165) is 25.1 Å². The van der Waals surface area contributed by atoms with Crippen LogP contribution in [0.2, 0.25) is 0 Å². The molecule has 0 aliphatic heterocycles. The SMILES string of the molecule is CCCCN(C)C(C)C(C)(CC)CNC(=O)c1cc(CC)on1. The number of carbonyl (C=O) groups excluding carboxylic acids is 1. The molecule has 132 valence electrons. The highest BCUT2D eigenvalue weighted by molar-refractivity contribution is 5.92. The Morgan fingerprint density at radius 2 is 2.13 bits per heavy atom. The van der Waals surface area contributed by atoms with E-state index in [1.54, 1.807) is 6.07 Å². The van der Waals surface area contributed by atoms with Crippen LogP contribution in [0.15, 0.2) is 10.6 Å². The Balaban J connectivity index is 2.64. The first-order valence-corrected chi connectivity index (χ1v) is 8.81. The Labute approximate surface area is 140 Å². The number of amides is 1. The van der Waals surface area contributed by atoms with E-state index in [4.69, 9.17) is 4.52 Å². The van der Waals surface area contributed by atoms with Crippen molar-refractivity contribution in [3.05, 3.63) is 17.5 Å². The molecule has 5 heteroatoms. The maximum absolute atomic E-state index is 12.3. The smallest absolute Gasteiger partial charge is 0.273 e. The zero-order valence-electron chi connectivity index (χ0n) is 15.6. The number of rotatable bonds is 10. The van der Waals surface area contributed by atoms with Crippen LogP contribution in [0.25, 0.3) is 0 Å². The van der Waals surface area contributed by atoms with Gasteiger partial charge >= 0.3 is 0 Å². The second-order valence-corrected chi connectivity index (χ2v) is 6.73. The van der Waals surface area contributed by atoms with Crippen molar-refractivity contribution in [3.63, 3.8) is 0 Å². The van der Waals surface area contributed by atoms with Gasteiger partial charge in [-0.15, -0.1) is 0 Å². The lowest BCUT2D eigenvalue weighted by molar-refractivity contribution is 0.0818. The molecule has 1 aromatic rings. The maximum Gasteiger partial charge on any atom is 0.273 e. The Bertz CT molecular complexity index is 486. The molecule has 0 aliphatic rings. The molecule has 2 atom stereocenters. The third-order valence-corrected chi connectivity index (χ3v) is 5.13. The third-order valence-electron chi connectivity index (χ3n) is 5.13. The average Bonchev–Trinajstić information content (AvgIpc) is 3.05. The van der Waals surface area contributed by atoms with Gasteiger partial charge in [0.1, 0.15) is 5.76 Å². The third kappa shape index (κ3) is 5.34. The summed E-state index contributed by atoms with van der Waals surface area (Å²) in [5, 5.41) is 6.87. The molecule has 0 bridgehead atoms. The summed E-state index contributed by atoms with van der Waals surface area (Å²) in [5.74, 6) is 0.581. The first-order chi connectivity index (χ1) is 10.9. The molecule has 0 spiro atoms. The number of aryl methyl sites for hydroxylation is 1. The highest BCUT2D eigenvalue weighted by Gasteiger charge is 2.32. The molecule has 1 N–H and O–H groups in total. The molecule has 0 fully saturated rings. The standard InChI is InChI=1S/C18H33N3O2/c1-7-10-11-21(6)14(4)18(5,9-3)13-19-17(22)16-12-15(8-2)23-20-16/h12,14H,7-11,13H2,1-6H3,(H,19,22). The highest BCUT2D eigenvalue weighted by Crippen LogP contribution is 2.28. The fourth-order valence-electron chi connectivity index (χ4n) is 2.66. The van der Waals surface area contributed by atoms with Crippen LogP contribution in [0, 0.1) is 5.41 Å². The van der Waals surface area contributed by atoms with Crippen LogP contribution in [0.5, 0.6) is 0 Å². The molecule has 0 saturated carbocycles. The lowest BCUT2D eigenvalue weighted by Gasteiger charge is -2.40. The summed E-state index contributed by atoms with van der Waals surface area (Å²) in [6.07, 6.45) is 4.14. The van der Waals surface area contributed by atoms with Crippen LogP contribution in [-0.4, -0.2) is 42.1 Å². The number of hydrogen-bond acceptors (Lipinski definition) is 4. The minimum atomic E-state index is -0.156. The van der Waals surface area contributed by atoms with Crippen molar-refractivity contribution in [2.45, 2.75) is 66.3 Å². The van der Waals surface area contributed by atoms with Gasteiger partial charge in [0.15, 0.2) is 5.69 Å². The van der Waals surface area contributed by atoms with Crippen molar-refractivity contribution in [1.82, 2.24) is 15.4 Å². The van der Waals surface area contributed by atoms with Gasteiger partial charge in [-0.25, -0.2) is 0 Å². The van der Waals surface area contributed by atoms with E-state index >= 15 is 0 Å². The van der Waals surface area contributed by atoms with E-state index in [1.165, 1.54) is 12.8 Å². The normalized spacial score (nSPS) is 15.4. The van der Waals surface area contributed by atoms with Crippen LogP contribution < -0.4 is 5.32 Å². The van der Waals surface area contributed by atoms with Crippen molar-refractivity contribution >= 4 is 5.91 Å². The number of aromatic nitrogens is 1. The predicted octanol–water partition coefficient (Wildman–Crippen LogP) is 3.50. The summed E-state index contributed by atoms with van der Waals surface area (Å²) in [4.78, 5) is 14.6. The van der Waals surface area contributed by atoms with Crippen molar-refractivity contribution in [2.24, 2.45) is 5.41 Å². The van der Waals surface area contributed by atoms with Gasteiger partial charge in [0.2, 0.25) is 0 Å². The van der Waals surface area contributed by atoms with E-state index < -0.39 is 0 Å². The lowest BCUT2D eigenvalue weighted by Crippen LogP contribution is -2.49. The average molecular weight is 323 g/mol. The van der Waals surface area contributed by atoms with E-state index in [0.29, 0.717) is 18.3 Å². The van der Waals surface area contributed by atoms with Gasteiger partial charge < -0.3 is 14.7 Å². The maximum atomic E-state index is 12.3. The molecule has 23 heavy (non-hydrogen) atoms. The lowest BCUT2D eigenvalue weighted by atomic mass is 9.79. The van der Waals surface area contributed by atoms with Crippen LogP contribution in [0.1, 0.15) is 70.1 Å². The molecule has 0 aromatic carbocycles. The Hall–Kier alpha value is -1.36. The second kappa shape index (κ2) is 9.06. The molecule has 1 aromatic heterocycles. The summed E-state index contributed by atoms with van der Waals surface area (Å²) >= 11 is 0. The van der Waals surface area contributed by atoms with Gasteiger partial charge in [0.05, 0.1) is 0 Å². The number of carbonyl (C=O) groups is 1. The van der Waals surface area contributed by atoms with Crippen molar-refractivity contribution in [2.75, 3.05) is 20.1 Å². The van der Waals surface area contributed by atoms with Crippen LogP contribution in [-0.2, 0) is 6.42 Å². The van der Waals surface area contributed by atoms with E-state index in [1.807, 2.05) is 6.92 Å². The predicted molar refractivity (Wildman–Crippen MR) is 93.6 cm³/mol. The zero-order valence-corrected chi connectivity index (χ0v) is 15.6. The molecule has 5 nitrogen and oxygen atoms in total. The molecule has 1 amide bonds. The first-order valence-electron chi connectivity index (χ1n) is 8.81. The summed E-state index contributed by atoms with van der Waals surface area (Å²) in [7, 11) is 2.17. The van der Waals surface area contributed by atoms with Gasteiger partial charge in [-0.1, -0.05) is 39.3 Å². The fourth-order valence-corrected chi connectivity index (χ4v) is 2.66. The van der Waals surface area contributed by atoms with E-state index in [2.05, 4.69) is 50.1 Å². The number of nitrogens with zero attached hydrogens (tertiary/aromatic N) is 2.